The van der Waals surface area contributed by atoms with E-state index in [1.165, 1.54) is 28.6 Å². The topological polar surface area (TPSA) is 213 Å². The Kier molecular flexibility index (Phi) is 11.6. The van der Waals surface area contributed by atoms with Crippen LogP contribution in [-0.4, -0.2) is 101 Å². The third-order valence-corrected chi connectivity index (χ3v) is 10.8. The van der Waals surface area contributed by atoms with Gasteiger partial charge in [-0.2, -0.15) is 9.78 Å². The number of carbonyl (C=O) groups excluding carboxylic acids is 5. The molecule has 8 rings (SSSR count). The summed E-state index contributed by atoms with van der Waals surface area (Å²) in [7, 11) is 6.48. The lowest BCUT2D eigenvalue weighted by Crippen LogP contribution is -2.35. The number of methoxy groups -OCH3 is 1. The van der Waals surface area contributed by atoms with Gasteiger partial charge in [0, 0.05) is 82.1 Å². The number of hydrogen-bond acceptors (Lipinski definition) is 11. The van der Waals surface area contributed by atoms with Gasteiger partial charge in [-0.05, 0) is 63.1 Å². The van der Waals surface area contributed by atoms with E-state index < -0.39 is 11.8 Å². The van der Waals surface area contributed by atoms with Crippen molar-refractivity contribution in [3.63, 3.8) is 0 Å². The van der Waals surface area contributed by atoms with Crippen molar-refractivity contribution in [1.82, 2.24) is 33.4 Å². The summed E-state index contributed by atoms with van der Waals surface area (Å²) in [5.74, 6) is -0.897. The van der Waals surface area contributed by atoms with Crippen molar-refractivity contribution in [1.29, 1.82) is 0 Å². The number of rotatable bonds is 14. The molecule has 2 aliphatic rings. The second kappa shape index (κ2) is 17.4. The van der Waals surface area contributed by atoms with E-state index in [9.17, 15) is 24.0 Å². The van der Waals surface area contributed by atoms with E-state index in [4.69, 9.17) is 9.47 Å². The monoisotopic (exact) mass is 868 g/mol. The van der Waals surface area contributed by atoms with Gasteiger partial charge < -0.3 is 49.3 Å². The van der Waals surface area contributed by atoms with Crippen molar-refractivity contribution in [2.75, 3.05) is 41.5 Å². The van der Waals surface area contributed by atoms with Crippen LogP contribution in [0.1, 0.15) is 75.1 Å². The van der Waals surface area contributed by atoms with E-state index in [-0.39, 0.29) is 60.2 Å². The average molecular weight is 869 g/mol. The molecule has 19 heteroatoms. The third-order valence-electron chi connectivity index (χ3n) is 10.8. The summed E-state index contributed by atoms with van der Waals surface area (Å²) in [6, 6.07) is 12.2. The van der Waals surface area contributed by atoms with Gasteiger partial charge in [-0.15, -0.1) is 0 Å². The molecule has 4 aromatic heterocycles. The number of aromatic nitrogens is 6. The normalized spacial score (nSPS) is 14.4. The Morgan fingerprint density at radius 2 is 1.61 bits per heavy atom. The van der Waals surface area contributed by atoms with Gasteiger partial charge in [-0.1, -0.05) is 12.2 Å². The highest BCUT2D eigenvalue weighted by molar-refractivity contribution is 6.08. The number of nitrogens with one attached hydrogen (secondary N) is 4. The molecule has 64 heavy (non-hydrogen) atoms. The van der Waals surface area contributed by atoms with Crippen molar-refractivity contribution in [2.45, 2.75) is 45.2 Å². The Bertz CT molecular complexity index is 2900. The summed E-state index contributed by atoms with van der Waals surface area (Å²) in [4.78, 5) is 77.1. The molecule has 6 aromatic rings. The molecule has 1 saturated heterocycles. The summed E-state index contributed by atoms with van der Waals surface area (Å²) in [6.07, 6.45) is 9.25. The number of imidazole rings is 1. The highest BCUT2D eigenvalue weighted by Gasteiger charge is 2.34. The lowest BCUT2D eigenvalue weighted by molar-refractivity contribution is -0.116. The zero-order valence-electron chi connectivity index (χ0n) is 36.3. The maximum Gasteiger partial charge on any atom is 0.295 e. The van der Waals surface area contributed by atoms with E-state index in [1.54, 1.807) is 78.2 Å². The number of ether oxygens (including phenoxy) is 2. The molecular formula is C45H48N12O7. The van der Waals surface area contributed by atoms with E-state index in [0.717, 1.165) is 16.6 Å². The number of carbonyl (C=O) groups is 5. The zero-order chi connectivity index (χ0) is 45.4. The van der Waals surface area contributed by atoms with Gasteiger partial charge in [0.05, 0.1) is 54.1 Å². The maximum absolute atomic E-state index is 13.6. The Labute approximate surface area is 367 Å². The molecule has 2 aliphatic heterocycles. The molecule has 4 N–H and O–H groups in total. The minimum atomic E-state index is -0.565. The molecule has 4 amide bonds. The van der Waals surface area contributed by atoms with E-state index in [2.05, 4.69) is 42.9 Å². The second-order valence-corrected chi connectivity index (χ2v) is 16.1. The van der Waals surface area contributed by atoms with Gasteiger partial charge in [-0.25, -0.2) is 4.98 Å². The van der Waals surface area contributed by atoms with Crippen LogP contribution >= 0.6 is 0 Å². The zero-order valence-corrected chi connectivity index (χ0v) is 36.3. The van der Waals surface area contributed by atoms with Gasteiger partial charge in [0.15, 0.2) is 17.3 Å². The molecule has 0 radical (unpaired) electrons. The first-order valence-corrected chi connectivity index (χ1v) is 20.6. The first-order valence-electron chi connectivity index (χ1n) is 20.6. The Morgan fingerprint density at radius 1 is 0.875 bits per heavy atom. The molecular weight excluding hydrogens is 821 g/mol. The number of anilines is 4. The van der Waals surface area contributed by atoms with Crippen LogP contribution in [0.3, 0.4) is 0 Å². The van der Waals surface area contributed by atoms with Crippen molar-refractivity contribution in [3.05, 3.63) is 102 Å². The SMILES string of the molecule is C=C1C[C@H]2C=Nc3cc(OCCCC(=O)Nc4cn(C)c(C(=O)Nc5cc(C(=O)Nc6cc(C(=O)n7ncc8cc(NC(C)C)ccc87)n(C)c6)n(C)c5)n4)c(OC)cc3C(=O)N2C1. The fourth-order valence-electron chi connectivity index (χ4n) is 7.78. The van der Waals surface area contributed by atoms with Crippen LogP contribution in [-0.2, 0) is 25.9 Å². The number of amides is 4. The highest BCUT2D eigenvalue weighted by Crippen LogP contribution is 2.38. The molecule has 0 aliphatic carbocycles. The van der Waals surface area contributed by atoms with Crippen LogP contribution < -0.4 is 30.7 Å². The molecule has 0 unspecified atom stereocenters. The maximum atomic E-state index is 13.6. The molecule has 2 aromatic carbocycles. The highest BCUT2D eigenvalue weighted by atomic mass is 16.5. The lowest BCUT2D eigenvalue weighted by atomic mass is 10.1. The van der Waals surface area contributed by atoms with Crippen molar-refractivity contribution < 1.29 is 33.4 Å². The summed E-state index contributed by atoms with van der Waals surface area (Å²) >= 11 is 0. The summed E-state index contributed by atoms with van der Waals surface area (Å²) < 4.78 is 17.5. The van der Waals surface area contributed by atoms with Crippen LogP contribution in [0.4, 0.5) is 28.6 Å². The summed E-state index contributed by atoms with van der Waals surface area (Å²) in [5.41, 5.74) is 4.73. The van der Waals surface area contributed by atoms with Gasteiger partial charge >= 0.3 is 0 Å². The lowest BCUT2D eigenvalue weighted by Gasteiger charge is -2.20. The third kappa shape index (κ3) is 8.72. The van der Waals surface area contributed by atoms with Crippen LogP contribution in [0.15, 0.2) is 84.4 Å². The van der Waals surface area contributed by atoms with Crippen LogP contribution in [0.2, 0.25) is 0 Å². The second-order valence-electron chi connectivity index (χ2n) is 16.1. The largest absolute Gasteiger partial charge is 0.493 e. The minimum Gasteiger partial charge on any atom is -0.493 e. The first-order chi connectivity index (χ1) is 30.6. The molecule has 6 heterocycles. The minimum absolute atomic E-state index is 0.0226. The predicted molar refractivity (Wildman–Crippen MR) is 241 cm³/mol. The summed E-state index contributed by atoms with van der Waals surface area (Å²) in [5, 5.41) is 16.8. The average Bonchev–Trinajstić information content (AvgIpc) is 4.08. The molecule has 330 valence electrons. The molecule has 0 bridgehead atoms. The van der Waals surface area contributed by atoms with Crippen molar-refractivity contribution in [3.8, 4) is 11.5 Å². The van der Waals surface area contributed by atoms with Gasteiger partial charge in [0.2, 0.25) is 11.7 Å². The number of aliphatic imine (C=N–C) groups is 1. The van der Waals surface area contributed by atoms with E-state index in [1.807, 2.05) is 32.0 Å². The van der Waals surface area contributed by atoms with Crippen molar-refractivity contribution in [2.24, 2.45) is 26.1 Å². The number of hydrogen-bond donors (Lipinski definition) is 4. The number of benzene rings is 2. The van der Waals surface area contributed by atoms with Crippen LogP contribution in [0.5, 0.6) is 11.5 Å². The fraction of sp³-hybridized carbons (Fsp3) is 0.289. The quantitative estimate of drug-likeness (QED) is 0.0769. The summed E-state index contributed by atoms with van der Waals surface area (Å²) in [6.45, 7) is 8.77. The fourth-order valence-corrected chi connectivity index (χ4v) is 7.78. The number of aryl methyl sites for hydroxylation is 3. The number of nitrogens with zero attached hydrogens (tertiary/aromatic N) is 8. The van der Waals surface area contributed by atoms with Gasteiger partial charge in [0.25, 0.3) is 23.6 Å². The van der Waals surface area contributed by atoms with Gasteiger partial charge in [-0.3, -0.25) is 29.0 Å². The van der Waals surface area contributed by atoms with Crippen LogP contribution in [0.25, 0.3) is 10.9 Å². The van der Waals surface area contributed by atoms with Gasteiger partial charge in [0.1, 0.15) is 11.4 Å². The molecule has 19 nitrogen and oxygen atoms in total. The Morgan fingerprint density at radius 3 is 2.36 bits per heavy atom. The standard InChI is InChI=1S/C45H48N12O7/c1-25(2)48-28-10-11-34-27(14-28)19-47-57(34)45(62)36-16-30(23-54(36)5)49-42(59)35-15-29(22-53(35)4)50-43(60)41-52-39(24-55(41)6)51-40(58)9-8-12-64-38-18-33-32(17-37(38)63-7)44(61)56-21-26(3)13-31(56)20-46-33/h10-11,14-20,22-25,31,48H,3,8-9,12-13,21H2,1-2,4-7H3,(H,49,59)(H,50,60)(H,51,58)/t31-/m0/s1. The molecule has 1 atom stereocenters. The van der Waals surface area contributed by atoms with E-state index >= 15 is 0 Å². The Balaban J connectivity index is 0.834. The first kappa shape index (κ1) is 42.7. The predicted octanol–water partition coefficient (Wildman–Crippen LogP) is 5.75. The van der Waals surface area contributed by atoms with Crippen LogP contribution in [0, 0.1) is 0 Å². The Hall–Kier alpha value is -7.96. The molecule has 0 saturated carbocycles. The van der Waals surface area contributed by atoms with Crippen molar-refractivity contribution >= 4 is 75.2 Å². The van der Waals surface area contributed by atoms with E-state index in [0.29, 0.717) is 64.7 Å². The molecule has 0 spiro atoms. The molecule has 1 fully saturated rings. The number of fused-ring (bicyclic) bond motifs is 3. The smallest absolute Gasteiger partial charge is 0.295 e.